The molecule has 1 aromatic heterocycles. The van der Waals surface area contributed by atoms with Crippen molar-refractivity contribution >= 4 is 18.5 Å². The summed E-state index contributed by atoms with van der Waals surface area (Å²) >= 11 is 0. The number of rotatable bonds is 4. The van der Waals surface area contributed by atoms with E-state index in [-0.39, 0.29) is 24.1 Å². The minimum Gasteiger partial charge on any atom is -0.399 e. The van der Waals surface area contributed by atoms with Crippen LogP contribution in [0.15, 0.2) is 23.1 Å². The summed E-state index contributed by atoms with van der Waals surface area (Å²) in [4.78, 5) is 24.0. The van der Waals surface area contributed by atoms with Crippen LogP contribution in [0.4, 0.5) is 0 Å². The van der Waals surface area contributed by atoms with Gasteiger partial charge in [-0.25, -0.2) is 0 Å². The maximum absolute atomic E-state index is 12.2. The lowest BCUT2D eigenvalue weighted by Gasteiger charge is -2.32. The Kier molecular flexibility index (Phi) is 4.73. The molecule has 1 aromatic rings. The summed E-state index contributed by atoms with van der Waals surface area (Å²) in [5, 5.41) is 2.76. The van der Waals surface area contributed by atoms with Crippen LogP contribution < -0.4 is 16.3 Å². The molecule has 0 spiro atoms. The zero-order valence-electron chi connectivity index (χ0n) is 14.7. The highest BCUT2D eigenvalue weighted by molar-refractivity contribution is 6.62. The largest absolute Gasteiger partial charge is 0.495 e. The lowest BCUT2D eigenvalue weighted by atomic mass is 9.80. The van der Waals surface area contributed by atoms with Crippen LogP contribution in [-0.4, -0.2) is 34.8 Å². The summed E-state index contributed by atoms with van der Waals surface area (Å²) in [5.41, 5.74) is -0.502. The topological polar surface area (TPSA) is 69.6 Å². The lowest BCUT2D eigenvalue weighted by Crippen LogP contribution is -2.41. The third-order valence-electron chi connectivity index (χ3n) is 4.31. The molecule has 0 aromatic carbocycles. The molecule has 2 heterocycles. The second kappa shape index (κ2) is 6.13. The Hall–Kier alpha value is -1.60. The van der Waals surface area contributed by atoms with Gasteiger partial charge in [-0.2, -0.15) is 0 Å². The normalized spacial score (nSPS) is 19.2. The molecular weight excluding hydrogens is 295 g/mol. The Bertz CT molecular complexity index is 636. The number of carbonyl (C=O) groups excluding carboxylic acids is 1. The number of aromatic nitrogens is 1. The molecule has 1 N–H and O–H groups in total. The minimum absolute atomic E-state index is 0.000655. The van der Waals surface area contributed by atoms with Crippen molar-refractivity contribution < 1.29 is 14.1 Å². The summed E-state index contributed by atoms with van der Waals surface area (Å²) in [7, 11) is -0.577. The van der Waals surface area contributed by atoms with E-state index in [4.69, 9.17) is 9.31 Å². The third-order valence-corrected chi connectivity index (χ3v) is 4.31. The highest BCUT2D eigenvalue weighted by Gasteiger charge is 2.51. The summed E-state index contributed by atoms with van der Waals surface area (Å²) in [6.07, 6.45) is 1.60. The van der Waals surface area contributed by atoms with Crippen molar-refractivity contribution in [2.45, 2.75) is 65.3 Å². The quantitative estimate of drug-likeness (QED) is 0.828. The van der Waals surface area contributed by atoms with E-state index in [0.29, 0.717) is 5.46 Å². The van der Waals surface area contributed by atoms with Crippen molar-refractivity contribution in [3.05, 3.63) is 28.7 Å². The van der Waals surface area contributed by atoms with Crippen molar-refractivity contribution in [2.24, 2.45) is 0 Å². The van der Waals surface area contributed by atoms with E-state index in [0.717, 1.165) is 0 Å². The molecule has 1 aliphatic heterocycles. The van der Waals surface area contributed by atoms with E-state index in [1.807, 2.05) is 41.5 Å². The second-order valence-electron chi connectivity index (χ2n) is 7.24. The maximum Gasteiger partial charge on any atom is 0.495 e. The van der Waals surface area contributed by atoms with Crippen LogP contribution >= 0.6 is 0 Å². The van der Waals surface area contributed by atoms with Gasteiger partial charge in [-0.1, -0.05) is 0 Å². The number of pyridine rings is 1. The van der Waals surface area contributed by atoms with Crippen LogP contribution in [0.3, 0.4) is 0 Å². The zero-order valence-corrected chi connectivity index (χ0v) is 14.7. The van der Waals surface area contributed by atoms with Gasteiger partial charge in [0.15, 0.2) is 0 Å². The molecule has 2 rings (SSSR count). The summed E-state index contributed by atoms with van der Waals surface area (Å²) < 4.78 is 13.2. The van der Waals surface area contributed by atoms with Crippen LogP contribution in [-0.2, 0) is 20.6 Å². The number of nitrogens with zero attached hydrogens (tertiary/aromatic N) is 1. The second-order valence-corrected chi connectivity index (χ2v) is 7.24. The number of hydrogen-bond donors (Lipinski definition) is 1. The maximum atomic E-state index is 12.2. The van der Waals surface area contributed by atoms with E-state index >= 15 is 0 Å². The molecule has 1 aliphatic rings. The zero-order chi connectivity index (χ0) is 17.4. The van der Waals surface area contributed by atoms with Crippen molar-refractivity contribution in [1.29, 1.82) is 0 Å². The molecule has 1 saturated heterocycles. The Balaban J connectivity index is 2.15. The number of carbonyl (C=O) groups is 1. The average Bonchev–Trinajstić information content (AvgIpc) is 2.60. The average molecular weight is 320 g/mol. The summed E-state index contributed by atoms with van der Waals surface area (Å²) in [6, 6.07) is 3.26. The summed E-state index contributed by atoms with van der Waals surface area (Å²) in [5.74, 6) is -0.189. The first kappa shape index (κ1) is 17.8. The van der Waals surface area contributed by atoms with Gasteiger partial charge in [-0.05, 0) is 53.1 Å². The molecule has 0 aliphatic carbocycles. The number of nitrogens with one attached hydrogen (secondary N) is 1. The van der Waals surface area contributed by atoms with Crippen molar-refractivity contribution in [2.75, 3.05) is 0 Å². The SMILES string of the molecule is CC(C)NC(=O)Cn1ccc(B2OC(C)(C)C(C)(C)O2)cc1=O. The molecule has 0 saturated carbocycles. The van der Waals surface area contributed by atoms with Crippen LogP contribution in [0.2, 0.25) is 0 Å². The fourth-order valence-electron chi connectivity index (χ4n) is 2.30. The molecule has 23 heavy (non-hydrogen) atoms. The Morgan fingerprint density at radius 1 is 1.26 bits per heavy atom. The molecule has 6 nitrogen and oxygen atoms in total. The standard InChI is InChI=1S/C16H25BN2O4/c1-11(2)18-13(20)10-19-8-7-12(9-14(19)21)17-22-15(3,4)16(5,6)23-17/h7-9,11H,10H2,1-6H3,(H,18,20). The monoisotopic (exact) mass is 320 g/mol. The van der Waals surface area contributed by atoms with Crippen molar-refractivity contribution in [3.8, 4) is 0 Å². The molecule has 0 bridgehead atoms. The van der Waals surface area contributed by atoms with Gasteiger partial charge in [0.05, 0.1) is 11.2 Å². The van der Waals surface area contributed by atoms with E-state index in [9.17, 15) is 9.59 Å². The van der Waals surface area contributed by atoms with Gasteiger partial charge in [0.1, 0.15) is 6.54 Å². The lowest BCUT2D eigenvalue weighted by molar-refractivity contribution is -0.122. The van der Waals surface area contributed by atoms with E-state index in [1.54, 1.807) is 12.3 Å². The molecule has 1 fully saturated rings. The third kappa shape index (κ3) is 3.84. The molecular formula is C16H25BN2O4. The van der Waals surface area contributed by atoms with Gasteiger partial charge in [0, 0.05) is 18.3 Å². The van der Waals surface area contributed by atoms with Gasteiger partial charge in [0.2, 0.25) is 5.91 Å². The predicted octanol–water partition coefficient (Wildman–Crippen LogP) is 0.672. The first-order valence-electron chi connectivity index (χ1n) is 7.87. The van der Waals surface area contributed by atoms with Crippen LogP contribution in [0, 0.1) is 0 Å². The van der Waals surface area contributed by atoms with Crippen molar-refractivity contribution in [1.82, 2.24) is 9.88 Å². The van der Waals surface area contributed by atoms with E-state index < -0.39 is 18.3 Å². The molecule has 0 radical (unpaired) electrons. The van der Waals surface area contributed by atoms with Gasteiger partial charge >= 0.3 is 7.12 Å². The molecule has 7 heteroatoms. The smallest absolute Gasteiger partial charge is 0.399 e. The fraction of sp³-hybridized carbons (Fsp3) is 0.625. The Labute approximate surface area is 137 Å². The van der Waals surface area contributed by atoms with Crippen LogP contribution in [0.5, 0.6) is 0 Å². The summed E-state index contributed by atoms with van der Waals surface area (Å²) in [6.45, 7) is 11.6. The number of hydrogen-bond acceptors (Lipinski definition) is 4. The predicted molar refractivity (Wildman–Crippen MR) is 89.7 cm³/mol. The Morgan fingerprint density at radius 3 is 2.30 bits per heavy atom. The van der Waals surface area contributed by atoms with E-state index in [1.165, 1.54) is 10.6 Å². The van der Waals surface area contributed by atoms with Gasteiger partial charge in [0.25, 0.3) is 5.56 Å². The number of amides is 1. The van der Waals surface area contributed by atoms with Gasteiger partial charge in [-0.15, -0.1) is 0 Å². The van der Waals surface area contributed by atoms with Gasteiger partial charge < -0.3 is 19.2 Å². The fourth-order valence-corrected chi connectivity index (χ4v) is 2.30. The Morgan fingerprint density at radius 2 is 1.83 bits per heavy atom. The van der Waals surface area contributed by atoms with Crippen molar-refractivity contribution in [3.63, 3.8) is 0 Å². The molecule has 126 valence electrons. The molecule has 0 unspecified atom stereocenters. The minimum atomic E-state index is -0.577. The van der Waals surface area contributed by atoms with Crippen LogP contribution in [0.1, 0.15) is 41.5 Å². The van der Waals surface area contributed by atoms with E-state index in [2.05, 4.69) is 5.32 Å². The first-order chi connectivity index (χ1) is 10.5. The van der Waals surface area contributed by atoms with Gasteiger partial charge in [-0.3, -0.25) is 9.59 Å². The molecule has 0 atom stereocenters. The van der Waals surface area contributed by atoms with Crippen LogP contribution in [0.25, 0.3) is 0 Å². The highest BCUT2D eigenvalue weighted by atomic mass is 16.7. The molecule has 1 amide bonds. The first-order valence-corrected chi connectivity index (χ1v) is 7.87. The highest BCUT2D eigenvalue weighted by Crippen LogP contribution is 2.36.